The minimum absolute atomic E-state index is 0.155. The van der Waals surface area contributed by atoms with Crippen LogP contribution in [0.15, 0.2) is 24.3 Å². The van der Waals surface area contributed by atoms with E-state index in [4.69, 9.17) is 11.6 Å². The second-order valence-corrected chi connectivity index (χ2v) is 3.55. The molecule has 12 heavy (non-hydrogen) atoms. The van der Waals surface area contributed by atoms with Gasteiger partial charge in [-0.3, -0.25) is 4.79 Å². The molecule has 0 amide bonds. The molecule has 1 aromatic rings. The van der Waals surface area contributed by atoms with Crippen molar-refractivity contribution in [3.8, 4) is 0 Å². The lowest BCUT2D eigenvalue weighted by molar-refractivity contribution is -0.125. The Kier molecular flexibility index (Phi) is 1.89. The zero-order chi connectivity index (χ0) is 8.55. The second kappa shape index (κ2) is 2.91. The summed E-state index contributed by atoms with van der Waals surface area (Å²) in [6.07, 6.45) is 1.74. The lowest BCUT2D eigenvalue weighted by Crippen LogP contribution is -2.22. The van der Waals surface area contributed by atoms with E-state index in [1.807, 2.05) is 24.3 Å². The maximum Gasteiger partial charge on any atom is 0.140 e. The van der Waals surface area contributed by atoms with Crippen LogP contribution in [0, 0.1) is 0 Å². The third kappa shape index (κ3) is 1.25. The molecule has 0 spiro atoms. The first-order chi connectivity index (χ1) is 5.77. The van der Waals surface area contributed by atoms with E-state index in [0.717, 1.165) is 23.4 Å². The van der Waals surface area contributed by atoms with Crippen molar-refractivity contribution in [1.29, 1.82) is 0 Å². The Morgan fingerprint density at radius 3 is 2.33 bits per heavy atom. The van der Waals surface area contributed by atoms with E-state index < -0.39 is 0 Å². The summed E-state index contributed by atoms with van der Waals surface area (Å²) in [5.41, 5.74) is 1.11. The predicted molar refractivity (Wildman–Crippen MR) is 48.4 cm³/mol. The molecule has 1 aliphatic carbocycles. The van der Waals surface area contributed by atoms with Crippen LogP contribution < -0.4 is 0 Å². The number of benzene rings is 1. The third-order valence-corrected chi connectivity index (χ3v) is 2.59. The fourth-order valence-electron chi connectivity index (χ4n) is 1.45. The molecule has 1 saturated carbocycles. The SMILES string of the molecule is O=C1CCC1c1ccc(Cl)cc1. The average Bonchev–Trinajstić information content (AvgIpc) is 2.06. The molecule has 1 atom stereocenters. The number of ketones is 1. The first kappa shape index (κ1) is 7.81. The monoisotopic (exact) mass is 180 g/mol. The Labute approximate surface area is 76.4 Å². The largest absolute Gasteiger partial charge is 0.299 e. The van der Waals surface area contributed by atoms with Crippen LogP contribution in [0.5, 0.6) is 0 Å². The highest BCUT2D eigenvalue weighted by atomic mass is 35.5. The molecule has 1 nitrogen and oxygen atoms in total. The molecule has 0 bridgehead atoms. The highest BCUT2D eigenvalue weighted by Gasteiger charge is 2.28. The van der Waals surface area contributed by atoms with Gasteiger partial charge in [-0.1, -0.05) is 23.7 Å². The van der Waals surface area contributed by atoms with Crippen molar-refractivity contribution >= 4 is 17.4 Å². The summed E-state index contributed by atoms with van der Waals surface area (Å²) < 4.78 is 0. The van der Waals surface area contributed by atoms with E-state index in [0.29, 0.717) is 5.78 Å². The van der Waals surface area contributed by atoms with Crippen LogP contribution in [0.3, 0.4) is 0 Å². The van der Waals surface area contributed by atoms with Crippen LogP contribution in [-0.2, 0) is 4.79 Å². The molecule has 0 radical (unpaired) electrons. The molecule has 2 rings (SSSR count). The van der Waals surface area contributed by atoms with Crippen molar-refractivity contribution in [1.82, 2.24) is 0 Å². The van der Waals surface area contributed by atoms with Gasteiger partial charge in [0.15, 0.2) is 0 Å². The summed E-state index contributed by atoms with van der Waals surface area (Å²) in [6.45, 7) is 0. The Balaban J connectivity index is 2.23. The molecule has 0 heterocycles. The summed E-state index contributed by atoms with van der Waals surface area (Å²) >= 11 is 5.73. The van der Waals surface area contributed by atoms with Crippen molar-refractivity contribution in [2.24, 2.45) is 0 Å². The van der Waals surface area contributed by atoms with Gasteiger partial charge in [-0.25, -0.2) is 0 Å². The lowest BCUT2D eigenvalue weighted by atomic mass is 9.79. The van der Waals surface area contributed by atoms with Gasteiger partial charge in [-0.15, -0.1) is 0 Å². The van der Waals surface area contributed by atoms with Crippen molar-refractivity contribution < 1.29 is 4.79 Å². The maximum absolute atomic E-state index is 11.1. The van der Waals surface area contributed by atoms with Crippen LogP contribution >= 0.6 is 11.6 Å². The normalized spacial score (nSPS) is 22.1. The number of carbonyl (C=O) groups is 1. The molecule has 0 aromatic heterocycles. The summed E-state index contributed by atoms with van der Waals surface area (Å²) in [5.74, 6) is 0.514. The standard InChI is InChI=1S/C10H9ClO/c11-8-3-1-7(2-4-8)9-5-6-10(9)12/h1-4,9H,5-6H2. The summed E-state index contributed by atoms with van der Waals surface area (Å²) in [7, 11) is 0. The van der Waals surface area contributed by atoms with Crippen molar-refractivity contribution in [2.75, 3.05) is 0 Å². The Morgan fingerprint density at radius 2 is 1.92 bits per heavy atom. The zero-order valence-electron chi connectivity index (χ0n) is 6.59. The van der Waals surface area contributed by atoms with Gasteiger partial charge in [-0.2, -0.15) is 0 Å². The van der Waals surface area contributed by atoms with E-state index in [1.165, 1.54) is 0 Å². The fraction of sp³-hybridized carbons (Fsp3) is 0.300. The van der Waals surface area contributed by atoms with Crippen molar-refractivity contribution in [3.05, 3.63) is 34.9 Å². The van der Waals surface area contributed by atoms with E-state index in [-0.39, 0.29) is 5.92 Å². The van der Waals surface area contributed by atoms with Crippen molar-refractivity contribution in [3.63, 3.8) is 0 Å². The summed E-state index contributed by atoms with van der Waals surface area (Å²) in [6, 6.07) is 7.54. The minimum atomic E-state index is 0.155. The molecular weight excluding hydrogens is 172 g/mol. The van der Waals surface area contributed by atoms with E-state index in [2.05, 4.69) is 0 Å². The Morgan fingerprint density at radius 1 is 1.25 bits per heavy atom. The van der Waals surface area contributed by atoms with Crippen LogP contribution in [0.25, 0.3) is 0 Å². The fourth-order valence-corrected chi connectivity index (χ4v) is 1.58. The van der Waals surface area contributed by atoms with E-state index in [9.17, 15) is 4.79 Å². The topological polar surface area (TPSA) is 17.1 Å². The molecule has 2 heteroatoms. The molecule has 1 unspecified atom stereocenters. The lowest BCUT2D eigenvalue weighted by Gasteiger charge is -2.23. The van der Waals surface area contributed by atoms with Gasteiger partial charge in [0.05, 0.1) is 0 Å². The van der Waals surface area contributed by atoms with Gasteiger partial charge in [-0.05, 0) is 24.1 Å². The highest BCUT2D eigenvalue weighted by molar-refractivity contribution is 6.30. The second-order valence-electron chi connectivity index (χ2n) is 3.11. The zero-order valence-corrected chi connectivity index (χ0v) is 7.34. The molecule has 1 aliphatic rings. The van der Waals surface area contributed by atoms with Gasteiger partial charge >= 0.3 is 0 Å². The van der Waals surface area contributed by atoms with Crippen LogP contribution in [0.2, 0.25) is 5.02 Å². The smallest absolute Gasteiger partial charge is 0.140 e. The quantitative estimate of drug-likeness (QED) is 0.650. The van der Waals surface area contributed by atoms with Gasteiger partial charge in [0.25, 0.3) is 0 Å². The van der Waals surface area contributed by atoms with Gasteiger partial charge in [0.2, 0.25) is 0 Å². The number of rotatable bonds is 1. The van der Waals surface area contributed by atoms with Gasteiger partial charge in [0.1, 0.15) is 5.78 Å². The Bertz CT molecular complexity index is 302. The summed E-state index contributed by atoms with van der Waals surface area (Å²) in [5, 5.41) is 0.727. The average molecular weight is 181 g/mol. The molecule has 1 fully saturated rings. The predicted octanol–water partition coefficient (Wildman–Crippen LogP) is 2.79. The van der Waals surface area contributed by atoms with E-state index in [1.54, 1.807) is 0 Å². The maximum atomic E-state index is 11.1. The van der Waals surface area contributed by atoms with Gasteiger partial charge < -0.3 is 0 Å². The van der Waals surface area contributed by atoms with Gasteiger partial charge in [0, 0.05) is 17.4 Å². The number of hydrogen-bond donors (Lipinski definition) is 0. The number of hydrogen-bond acceptors (Lipinski definition) is 1. The first-order valence-corrected chi connectivity index (χ1v) is 4.43. The van der Waals surface area contributed by atoms with Crippen LogP contribution in [-0.4, -0.2) is 5.78 Å². The van der Waals surface area contributed by atoms with Crippen LogP contribution in [0.4, 0.5) is 0 Å². The number of halogens is 1. The van der Waals surface area contributed by atoms with E-state index >= 15 is 0 Å². The third-order valence-electron chi connectivity index (χ3n) is 2.34. The number of carbonyl (C=O) groups excluding carboxylic acids is 1. The number of Topliss-reactive ketones (excluding diaryl/α,β-unsaturated/α-hetero) is 1. The molecule has 1 aromatic carbocycles. The summed E-state index contributed by atoms with van der Waals surface area (Å²) in [4.78, 5) is 11.1. The molecule has 0 aliphatic heterocycles. The molecule has 62 valence electrons. The molecular formula is C10H9ClO. The molecule has 0 N–H and O–H groups in total. The highest BCUT2D eigenvalue weighted by Crippen LogP contribution is 2.33. The Hall–Kier alpha value is -0.820. The van der Waals surface area contributed by atoms with Crippen LogP contribution in [0.1, 0.15) is 24.3 Å². The first-order valence-electron chi connectivity index (χ1n) is 4.05. The molecule has 0 saturated heterocycles. The minimum Gasteiger partial charge on any atom is -0.299 e. The van der Waals surface area contributed by atoms with Crippen molar-refractivity contribution in [2.45, 2.75) is 18.8 Å².